The van der Waals surface area contributed by atoms with Crippen LogP contribution >= 0.6 is 12.2 Å². The molecule has 1 rings (SSSR count). The van der Waals surface area contributed by atoms with Gasteiger partial charge in [0.25, 0.3) is 5.17 Å². The van der Waals surface area contributed by atoms with Gasteiger partial charge in [-0.15, -0.1) is 0 Å². The number of unbranched alkanes of at least 4 members (excludes halogenated alkanes) is 1. The minimum atomic E-state index is 0.161. The van der Waals surface area contributed by atoms with Crippen molar-refractivity contribution in [2.45, 2.75) is 25.9 Å². The topological polar surface area (TPSA) is 21.3 Å². The van der Waals surface area contributed by atoms with Crippen molar-refractivity contribution in [2.75, 3.05) is 6.54 Å². The summed E-state index contributed by atoms with van der Waals surface area (Å²) in [4.78, 5) is 0. The van der Waals surface area contributed by atoms with Crippen LogP contribution in [0, 0.1) is 0 Å². The highest BCUT2D eigenvalue weighted by Gasteiger charge is 2.15. The van der Waals surface area contributed by atoms with E-state index in [1.54, 1.807) is 0 Å². The summed E-state index contributed by atoms with van der Waals surface area (Å²) in [5.41, 5.74) is 0. The highest BCUT2D eigenvalue weighted by Crippen LogP contribution is 2.02. The Morgan fingerprint density at radius 1 is 1.82 bits per heavy atom. The first-order valence-corrected chi connectivity index (χ1v) is 4.35. The van der Waals surface area contributed by atoms with Crippen LogP contribution in [-0.2, 0) is 4.74 Å². The largest absolute Gasteiger partial charge is 0.462 e. The number of nitrogens with one attached hydrogen (secondary N) is 1. The Balaban J connectivity index is 2.22. The molecule has 0 aliphatic carbocycles. The summed E-state index contributed by atoms with van der Waals surface area (Å²) in [6, 6.07) is 0. The van der Waals surface area contributed by atoms with E-state index in [2.05, 4.69) is 24.4 Å². The molecule has 0 amide bonds. The van der Waals surface area contributed by atoms with Crippen LogP contribution in [0.4, 0.5) is 0 Å². The molecular weight excluding hydrogens is 158 g/mol. The molecule has 0 saturated carbocycles. The van der Waals surface area contributed by atoms with Gasteiger partial charge in [0.05, 0.1) is 6.54 Å². The van der Waals surface area contributed by atoms with Crippen LogP contribution in [-0.4, -0.2) is 17.8 Å². The second-order valence-corrected chi connectivity index (χ2v) is 2.91. The Morgan fingerprint density at radius 3 is 3.18 bits per heavy atom. The van der Waals surface area contributed by atoms with Gasteiger partial charge in [-0.05, 0) is 24.7 Å². The molecule has 0 aromatic rings. The van der Waals surface area contributed by atoms with Crippen molar-refractivity contribution >= 4 is 17.4 Å². The molecule has 0 radical (unpaired) electrons. The summed E-state index contributed by atoms with van der Waals surface area (Å²) in [5.74, 6) is 0. The van der Waals surface area contributed by atoms with E-state index in [1.807, 2.05) is 0 Å². The molecular formula is C8H13NOS. The number of allylic oxidation sites excluding steroid dienone is 1. The average molecular weight is 171 g/mol. The average Bonchev–Trinajstić information content (AvgIpc) is 2.37. The van der Waals surface area contributed by atoms with E-state index in [0.717, 1.165) is 13.0 Å². The van der Waals surface area contributed by atoms with Gasteiger partial charge in [-0.25, -0.2) is 0 Å². The van der Waals surface area contributed by atoms with Crippen LogP contribution in [0.3, 0.4) is 0 Å². The second-order valence-electron chi connectivity index (χ2n) is 2.54. The number of thiocarbonyl (C=S) groups is 1. The Labute approximate surface area is 72.6 Å². The maximum Gasteiger partial charge on any atom is 0.257 e. The summed E-state index contributed by atoms with van der Waals surface area (Å²) < 4.78 is 5.24. The van der Waals surface area contributed by atoms with E-state index in [1.165, 1.54) is 6.42 Å². The fourth-order valence-corrected chi connectivity index (χ4v) is 1.13. The van der Waals surface area contributed by atoms with Gasteiger partial charge in [0.15, 0.2) is 0 Å². The lowest BCUT2D eigenvalue weighted by Crippen LogP contribution is -2.13. The zero-order valence-corrected chi connectivity index (χ0v) is 7.49. The third-order valence-electron chi connectivity index (χ3n) is 1.51. The molecule has 1 N–H and O–H groups in total. The molecule has 0 aromatic carbocycles. The highest BCUT2D eigenvalue weighted by molar-refractivity contribution is 7.80. The van der Waals surface area contributed by atoms with Crippen LogP contribution < -0.4 is 5.32 Å². The number of hydrogen-bond donors (Lipinski definition) is 1. The Hall–Kier alpha value is -0.570. The third kappa shape index (κ3) is 2.89. The summed E-state index contributed by atoms with van der Waals surface area (Å²) in [6.07, 6.45) is 6.66. The first-order chi connectivity index (χ1) is 5.33. The van der Waals surface area contributed by atoms with Crippen molar-refractivity contribution in [3.63, 3.8) is 0 Å². The molecule has 3 heteroatoms. The van der Waals surface area contributed by atoms with Crippen LogP contribution in [0.2, 0.25) is 0 Å². The van der Waals surface area contributed by atoms with Gasteiger partial charge in [-0.3, -0.25) is 0 Å². The minimum absolute atomic E-state index is 0.161. The van der Waals surface area contributed by atoms with Crippen molar-refractivity contribution in [1.29, 1.82) is 0 Å². The molecule has 0 aromatic heterocycles. The standard InChI is InChI=1S/C8H13NOS/c1-2-3-4-5-7-6-9-8(11)10-7/h4-5,7H,2-3,6H2,1H3,(H,9,11)/b5-4+. The van der Waals surface area contributed by atoms with Crippen molar-refractivity contribution < 1.29 is 4.74 Å². The fourth-order valence-electron chi connectivity index (χ4n) is 0.927. The summed E-state index contributed by atoms with van der Waals surface area (Å²) >= 11 is 4.81. The zero-order valence-electron chi connectivity index (χ0n) is 6.67. The van der Waals surface area contributed by atoms with Gasteiger partial charge in [-0.2, -0.15) is 0 Å². The maximum absolute atomic E-state index is 5.24. The predicted molar refractivity (Wildman–Crippen MR) is 49.5 cm³/mol. The molecule has 11 heavy (non-hydrogen) atoms. The lowest BCUT2D eigenvalue weighted by atomic mass is 10.2. The second kappa shape index (κ2) is 4.34. The molecule has 1 atom stereocenters. The number of rotatable bonds is 3. The van der Waals surface area contributed by atoms with E-state index in [9.17, 15) is 0 Å². The Morgan fingerprint density at radius 2 is 2.64 bits per heavy atom. The SMILES string of the molecule is CCC/C=C/C1CNC(=S)O1. The van der Waals surface area contributed by atoms with Gasteiger partial charge in [0.1, 0.15) is 6.10 Å². The molecule has 1 aliphatic heterocycles. The maximum atomic E-state index is 5.24. The molecule has 1 aliphatic rings. The minimum Gasteiger partial charge on any atom is -0.462 e. The van der Waals surface area contributed by atoms with Gasteiger partial charge in [0.2, 0.25) is 0 Å². The summed E-state index contributed by atoms with van der Waals surface area (Å²) in [5, 5.41) is 3.48. The van der Waals surface area contributed by atoms with Gasteiger partial charge >= 0.3 is 0 Å². The van der Waals surface area contributed by atoms with Gasteiger partial charge < -0.3 is 10.1 Å². The molecule has 62 valence electrons. The first-order valence-electron chi connectivity index (χ1n) is 3.94. The van der Waals surface area contributed by atoms with Crippen molar-refractivity contribution in [3.05, 3.63) is 12.2 Å². The molecule has 1 saturated heterocycles. The third-order valence-corrected chi connectivity index (χ3v) is 1.75. The predicted octanol–water partition coefficient (Wildman–Crippen LogP) is 1.62. The van der Waals surface area contributed by atoms with Crippen LogP contribution in [0.5, 0.6) is 0 Å². The van der Waals surface area contributed by atoms with Crippen molar-refractivity contribution in [1.82, 2.24) is 5.32 Å². The van der Waals surface area contributed by atoms with E-state index in [-0.39, 0.29) is 6.10 Å². The van der Waals surface area contributed by atoms with Crippen LogP contribution in [0.25, 0.3) is 0 Å². The summed E-state index contributed by atoms with van der Waals surface area (Å²) in [6.45, 7) is 2.97. The van der Waals surface area contributed by atoms with Gasteiger partial charge in [0, 0.05) is 0 Å². The van der Waals surface area contributed by atoms with E-state index in [0.29, 0.717) is 5.17 Å². The normalized spacial score (nSPS) is 23.7. The lowest BCUT2D eigenvalue weighted by Gasteiger charge is -1.99. The van der Waals surface area contributed by atoms with E-state index < -0.39 is 0 Å². The van der Waals surface area contributed by atoms with E-state index >= 15 is 0 Å². The Kier molecular flexibility index (Phi) is 3.36. The monoisotopic (exact) mass is 171 g/mol. The molecule has 1 unspecified atom stereocenters. The fraction of sp³-hybridized carbons (Fsp3) is 0.625. The quantitative estimate of drug-likeness (QED) is 0.515. The molecule has 1 fully saturated rings. The number of hydrogen-bond acceptors (Lipinski definition) is 2. The molecule has 0 bridgehead atoms. The van der Waals surface area contributed by atoms with Crippen molar-refractivity contribution in [3.8, 4) is 0 Å². The lowest BCUT2D eigenvalue weighted by molar-refractivity contribution is 0.286. The smallest absolute Gasteiger partial charge is 0.257 e. The van der Waals surface area contributed by atoms with E-state index in [4.69, 9.17) is 17.0 Å². The highest BCUT2D eigenvalue weighted by atomic mass is 32.1. The Bertz CT molecular complexity index is 167. The zero-order chi connectivity index (χ0) is 8.10. The number of ether oxygens (including phenoxy) is 1. The molecule has 2 nitrogen and oxygen atoms in total. The summed E-state index contributed by atoms with van der Waals surface area (Å²) in [7, 11) is 0. The van der Waals surface area contributed by atoms with Crippen molar-refractivity contribution in [2.24, 2.45) is 0 Å². The van der Waals surface area contributed by atoms with Crippen LogP contribution in [0.15, 0.2) is 12.2 Å². The first kappa shape index (κ1) is 8.53. The van der Waals surface area contributed by atoms with Crippen LogP contribution in [0.1, 0.15) is 19.8 Å². The van der Waals surface area contributed by atoms with Gasteiger partial charge in [-0.1, -0.05) is 19.4 Å². The molecule has 1 heterocycles. The molecule has 0 spiro atoms.